The molecule has 1 saturated heterocycles. The molecule has 1 fully saturated rings. The molecule has 2 heterocycles. The van der Waals surface area contributed by atoms with Crippen LogP contribution in [0.25, 0.3) is 5.76 Å². The predicted molar refractivity (Wildman–Crippen MR) is 104 cm³/mol. The number of carbonyl (C=O) groups excluding carboxylic acids is 2. The van der Waals surface area contributed by atoms with Gasteiger partial charge in [-0.3, -0.25) is 9.59 Å². The Kier molecular flexibility index (Phi) is 4.76. The number of benzene rings is 2. The number of aliphatic hydroxyl groups excluding tert-OH is 1. The molecule has 1 unspecified atom stereocenters. The average molecular weight is 391 g/mol. The van der Waals surface area contributed by atoms with E-state index in [9.17, 15) is 19.1 Å². The highest BCUT2D eigenvalue weighted by atomic mass is 19.1. The maximum absolute atomic E-state index is 13.2. The van der Waals surface area contributed by atoms with Gasteiger partial charge in [-0.15, -0.1) is 0 Å². The molecule has 2 aromatic carbocycles. The number of rotatable bonds is 4. The van der Waals surface area contributed by atoms with Crippen LogP contribution in [0.15, 0.2) is 76.9 Å². The molecule has 3 aromatic rings. The number of halogens is 1. The van der Waals surface area contributed by atoms with Crippen molar-refractivity contribution in [1.29, 1.82) is 0 Å². The van der Waals surface area contributed by atoms with Crippen LogP contribution in [-0.4, -0.2) is 21.7 Å². The zero-order chi connectivity index (χ0) is 20.5. The SMILES string of the molecule is Cc1ccc(/C(O)=C2/C(=O)C(=O)N(Cc3ccc(F)cc3)C2c2ccco2)cc1. The van der Waals surface area contributed by atoms with E-state index in [0.29, 0.717) is 16.9 Å². The second kappa shape index (κ2) is 7.39. The fraction of sp³-hybridized carbons (Fsp3) is 0.130. The number of Topliss-reactive ketones (excluding diaryl/α,β-unsaturated/α-hetero) is 1. The van der Waals surface area contributed by atoms with Crippen LogP contribution in [0.5, 0.6) is 0 Å². The molecular weight excluding hydrogens is 373 g/mol. The predicted octanol–water partition coefficient (Wildman–Crippen LogP) is 4.35. The van der Waals surface area contributed by atoms with Gasteiger partial charge in [0, 0.05) is 12.1 Å². The van der Waals surface area contributed by atoms with Crippen molar-refractivity contribution in [1.82, 2.24) is 4.90 Å². The molecule has 4 rings (SSSR count). The highest BCUT2D eigenvalue weighted by Gasteiger charge is 2.47. The van der Waals surface area contributed by atoms with Gasteiger partial charge in [0.25, 0.3) is 11.7 Å². The summed E-state index contributed by atoms with van der Waals surface area (Å²) in [6.45, 7) is 1.98. The molecule has 1 aromatic heterocycles. The Bertz CT molecular complexity index is 1080. The van der Waals surface area contributed by atoms with Gasteiger partial charge in [0.2, 0.25) is 0 Å². The van der Waals surface area contributed by atoms with E-state index in [0.717, 1.165) is 5.56 Å². The summed E-state index contributed by atoms with van der Waals surface area (Å²) in [6, 6.07) is 15.1. The zero-order valence-electron chi connectivity index (χ0n) is 15.6. The third-order valence-corrected chi connectivity index (χ3v) is 4.94. The molecule has 0 aliphatic carbocycles. The van der Waals surface area contributed by atoms with E-state index in [1.54, 1.807) is 36.4 Å². The Morgan fingerprint density at radius 1 is 1.07 bits per heavy atom. The molecule has 1 aliphatic rings. The Hall–Kier alpha value is -3.67. The minimum Gasteiger partial charge on any atom is -0.507 e. The summed E-state index contributed by atoms with van der Waals surface area (Å²) in [6.07, 6.45) is 1.44. The lowest BCUT2D eigenvalue weighted by molar-refractivity contribution is -0.140. The fourth-order valence-corrected chi connectivity index (χ4v) is 3.44. The van der Waals surface area contributed by atoms with Crippen LogP contribution >= 0.6 is 0 Å². The van der Waals surface area contributed by atoms with Gasteiger partial charge in [0.1, 0.15) is 23.4 Å². The highest BCUT2D eigenvalue weighted by molar-refractivity contribution is 6.46. The van der Waals surface area contributed by atoms with E-state index in [4.69, 9.17) is 4.42 Å². The quantitative estimate of drug-likeness (QED) is 0.408. The number of furan rings is 1. The molecule has 5 nitrogen and oxygen atoms in total. The highest BCUT2D eigenvalue weighted by Crippen LogP contribution is 2.40. The number of ketones is 1. The summed E-state index contributed by atoms with van der Waals surface area (Å²) in [5.41, 5.74) is 2.06. The molecule has 6 heteroatoms. The number of amides is 1. The second-order valence-corrected chi connectivity index (χ2v) is 6.93. The molecule has 29 heavy (non-hydrogen) atoms. The van der Waals surface area contributed by atoms with Crippen LogP contribution in [0, 0.1) is 12.7 Å². The Morgan fingerprint density at radius 2 is 1.76 bits per heavy atom. The average Bonchev–Trinajstić information content (AvgIpc) is 3.32. The van der Waals surface area contributed by atoms with Gasteiger partial charge in [-0.1, -0.05) is 42.0 Å². The van der Waals surface area contributed by atoms with Crippen molar-refractivity contribution >= 4 is 17.4 Å². The second-order valence-electron chi connectivity index (χ2n) is 6.93. The first-order valence-electron chi connectivity index (χ1n) is 9.09. The van der Waals surface area contributed by atoms with Crippen molar-refractivity contribution in [2.75, 3.05) is 0 Å². The first-order valence-corrected chi connectivity index (χ1v) is 9.09. The van der Waals surface area contributed by atoms with Crippen molar-refractivity contribution < 1.29 is 23.5 Å². The van der Waals surface area contributed by atoms with Crippen molar-refractivity contribution in [3.8, 4) is 0 Å². The summed E-state index contributed by atoms with van der Waals surface area (Å²) < 4.78 is 18.7. The van der Waals surface area contributed by atoms with E-state index in [2.05, 4.69) is 0 Å². The maximum Gasteiger partial charge on any atom is 0.296 e. The lowest BCUT2D eigenvalue weighted by Gasteiger charge is -2.23. The third-order valence-electron chi connectivity index (χ3n) is 4.94. The monoisotopic (exact) mass is 391 g/mol. The van der Waals surface area contributed by atoms with Crippen molar-refractivity contribution in [3.05, 3.63) is 101 Å². The smallest absolute Gasteiger partial charge is 0.296 e. The Labute approximate surface area is 166 Å². The van der Waals surface area contributed by atoms with Crippen molar-refractivity contribution in [2.24, 2.45) is 0 Å². The van der Waals surface area contributed by atoms with E-state index in [-0.39, 0.29) is 17.9 Å². The Morgan fingerprint density at radius 3 is 2.38 bits per heavy atom. The van der Waals surface area contributed by atoms with Gasteiger partial charge in [-0.2, -0.15) is 0 Å². The summed E-state index contributed by atoms with van der Waals surface area (Å²) >= 11 is 0. The van der Waals surface area contributed by atoms with Crippen LogP contribution < -0.4 is 0 Å². The summed E-state index contributed by atoms with van der Waals surface area (Å²) in [5.74, 6) is -1.82. The molecular formula is C23H18FNO4. The topological polar surface area (TPSA) is 70.8 Å². The number of hydrogen-bond donors (Lipinski definition) is 1. The Balaban J connectivity index is 1.81. The molecule has 0 radical (unpaired) electrons. The first-order chi connectivity index (χ1) is 14.0. The normalized spacial score (nSPS) is 18.4. The van der Waals surface area contributed by atoms with Gasteiger partial charge in [0.05, 0.1) is 11.8 Å². The van der Waals surface area contributed by atoms with E-state index >= 15 is 0 Å². The van der Waals surface area contributed by atoms with Gasteiger partial charge >= 0.3 is 0 Å². The molecule has 1 aliphatic heterocycles. The van der Waals surface area contributed by atoms with Crippen molar-refractivity contribution in [2.45, 2.75) is 19.5 Å². The van der Waals surface area contributed by atoms with E-state index in [1.165, 1.54) is 23.3 Å². The number of nitrogens with zero attached hydrogens (tertiary/aromatic N) is 1. The summed E-state index contributed by atoms with van der Waals surface area (Å²) in [5, 5.41) is 10.9. The maximum atomic E-state index is 13.2. The first kappa shape index (κ1) is 18.7. The zero-order valence-corrected chi connectivity index (χ0v) is 15.6. The lowest BCUT2D eigenvalue weighted by Crippen LogP contribution is -2.29. The molecule has 1 N–H and O–H groups in total. The minimum atomic E-state index is -0.878. The van der Waals surface area contributed by atoms with Gasteiger partial charge in [-0.25, -0.2) is 4.39 Å². The molecule has 1 atom stereocenters. The van der Waals surface area contributed by atoms with Crippen LogP contribution in [0.3, 0.4) is 0 Å². The number of hydrogen-bond acceptors (Lipinski definition) is 4. The van der Waals surface area contributed by atoms with Gasteiger partial charge in [0.15, 0.2) is 0 Å². The fourth-order valence-electron chi connectivity index (χ4n) is 3.44. The summed E-state index contributed by atoms with van der Waals surface area (Å²) in [7, 11) is 0. The largest absolute Gasteiger partial charge is 0.507 e. The molecule has 146 valence electrons. The number of aliphatic hydroxyl groups is 1. The van der Waals surface area contributed by atoms with Gasteiger partial charge in [-0.05, 0) is 36.8 Å². The summed E-state index contributed by atoms with van der Waals surface area (Å²) in [4.78, 5) is 27.0. The van der Waals surface area contributed by atoms with Crippen LogP contribution in [0.4, 0.5) is 4.39 Å². The van der Waals surface area contributed by atoms with E-state index < -0.39 is 23.5 Å². The minimum absolute atomic E-state index is 0.0316. The number of carbonyl (C=O) groups is 2. The molecule has 1 amide bonds. The van der Waals surface area contributed by atoms with Crippen LogP contribution in [0.1, 0.15) is 28.5 Å². The van der Waals surface area contributed by atoms with Gasteiger partial charge < -0.3 is 14.4 Å². The van der Waals surface area contributed by atoms with Crippen molar-refractivity contribution in [3.63, 3.8) is 0 Å². The van der Waals surface area contributed by atoms with E-state index in [1.807, 2.05) is 19.1 Å². The standard InChI is InChI=1S/C23H18FNO4/c1-14-4-8-16(9-5-14)21(26)19-20(18-3-2-12-29-18)25(23(28)22(19)27)13-15-6-10-17(24)11-7-15/h2-12,20,26H,13H2,1H3/b21-19-. The van der Waals surface area contributed by atoms with Crippen LogP contribution in [0.2, 0.25) is 0 Å². The molecule has 0 spiro atoms. The number of aryl methyl sites for hydroxylation is 1. The third kappa shape index (κ3) is 3.45. The lowest BCUT2D eigenvalue weighted by atomic mass is 9.98. The molecule has 0 bridgehead atoms. The number of likely N-dealkylation sites (tertiary alicyclic amines) is 1. The molecule has 0 saturated carbocycles. The van der Waals surface area contributed by atoms with Crippen LogP contribution in [-0.2, 0) is 16.1 Å².